The first-order valence-corrected chi connectivity index (χ1v) is 4.90. The lowest BCUT2D eigenvalue weighted by molar-refractivity contribution is 0.0990. The molecular formula is C11H10ClNO. The highest BCUT2D eigenvalue weighted by molar-refractivity contribution is 6.35. The number of carbonyl (C=O) groups is 1. The molecule has 0 fully saturated rings. The molecule has 14 heavy (non-hydrogen) atoms. The lowest BCUT2D eigenvalue weighted by atomic mass is 10.1. The number of aromatic amines is 1. The first kappa shape index (κ1) is 9.28. The number of benzene rings is 1. The van der Waals surface area contributed by atoms with Crippen molar-refractivity contribution < 1.29 is 4.79 Å². The van der Waals surface area contributed by atoms with Crippen LogP contribution < -0.4 is 0 Å². The average molecular weight is 208 g/mol. The zero-order valence-corrected chi connectivity index (χ0v) is 8.56. The highest BCUT2D eigenvalue weighted by Crippen LogP contribution is 2.25. The van der Waals surface area contributed by atoms with Crippen molar-refractivity contribution in [2.75, 3.05) is 0 Å². The second-order valence-corrected chi connectivity index (χ2v) is 3.55. The van der Waals surface area contributed by atoms with Crippen LogP contribution >= 0.6 is 11.6 Å². The van der Waals surface area contributed by atoms with E-state index < -0.39 is 0 Å². The number of halogens is 1. The number of aromatic nitrogens is 1. The minimum Gasteiger partial charge on any atom is -0.359 e. The number of rotatable bonds is 2. The van der Waals surface area contributed by atoms with Crippen LogP contribution in [0.15, 0.2) is 24.4 Å². The maximum absolute atomic E-state index is 11.5. The van der Waals surface area contributed by atoms with Gasteiger partial charge in [-0.2, -0.15) is 0 Å². The number of ketones is 1. The Morgan fingerprint density at radius 1 is 1.50 bits per heavy atom. The van der Waals surface area contributed by atoms with Gasteiger partial charge in [-0.3, -0.25) is 4.79 Å². The van der Waals surface area contributed by atoms with Crippen LogP contribution in [-0.4, -0.2) is 10.8 Å². The van der Waals surface area contributed by atoms with Crippen molar-refractivity contribution in [3.63, 3.8) is 0 Å². The Morgan fingerprint density at radius 2 is 2.29 bits per heavy atom. The summed E-state index contributed by atoms with van der Waals surface area (Å²) in [5.41, 5.74) is 1.57. The van der Waals surface area contributed by atoms with Gasteiger partial charge in [0.05, 0.1) is 10.5 Å². The summed E-state index contributed by atoms with van der Waals surface area (Å²) >= 11 is 5.98. The van der Waals surface area contributed by atoms with Crippen LogP contribution in [0.1, 0.15) is 23.7 Å². The molecule has 2 aromatic rings. The van der Waals surface area contributed by atoms with Gasteiger partial charge in [0.25, 0.3) is 0 Å². The molecule has 3 heteroatoms. The van der Waals surface area contributed by atoms with Crippen molar-refractivity contribution in [2.24, 2.45) is 0 Å². The first-order chi connectivity index (χ1) is 6.74. The third-order valence-electron chi connectivity index (χ3n) is 2.29. The van der Waals surface area contributed by atoms with E-state index in [0.29, 0.717) is 11.4 Å². The minimum atomic E-state index is 0.138. The summed E-state index contributed by atoms with van der Waals surface area (Å²) in [6, 6.07) is 5.56. The fourth-order valence-corrected chi connectivity index (χ4v) is 1.77. The summed E-state index contributed by atoms with van der Waals surface area (Å²) in [5, 5.41) is 1.56. The molecule has 1 aromatic heterocycles. The molecule has 0 bridgehead atoms. The van der Waals surface area contributed by atoms with Gasteiger partial charge < -0.3 is 4.98 Å². The van der Waals surface area contributed by atoms with E-state index in [2.05, 4.69) is 4.98 Å². The summed E-state index contributed by atoms with van der Waals surface area (Å²) < 4.78 is 0. The van der Waals surface area contributed by atoms with E-state index in [1.54, 1.807) is 12.3 Å². The Hall–Kier alpha value is -1.28. The number of para-hydroxylation sites is 1. The summed E-state index contributed by atoms with van der Waals surface area (Å²) in [7, 11) is 0. The number of hydrogen-bond donors (Lipinski definition) is 1. The molecule has 0 saturated heterocycles. The highest BCUT2D eigenvalue weighted by Gasteiger charge is 2.10. The van der Waals surface area contributed by atoms with Crippen molar-refractivity contribution >= 4 is 28.3 Å². The molecule has 0 amide bonds. The van der Waals surface area contributed by atoms with Crippen molar-refractivity contribution in [3.05, 3.63) is 35.0 Å². The normalized spacial score (nSPS) is 10.7. The summed E-state index contributed by atoms with van der Waals surface area (Å²) in [5.74, 6) is 0.138. The van der Waals surface area contributed by atoms with E-state index in [-0.39, 0.29) is 5.78 Å². The third kappa shape index (κ3) is 1.32. The zero-order valence-electron chi connectivity index (χ0n) is 7.80. The number of fused-ring (bicyclic) bond motifs is 1. The number of H-pyrrole nitrogens is 1. The van der Waals surface area contributed by atoms with Gasteiger partial charge in [0, 0.05) is 23.6 Å². The maximum Gasteiger partial charge on any atom is 0.164 e. The predicted octanol–water partition coefficient (Wildman–Crippen LogP) is 3.41. The topological polar surface area (TPSA) is 32.9 Å². The van der Waals surface area contributed by atoms with E-state index in [9.17, 15) is 4.79 Å². The van der Waals surface area contributed by atoms with Crippen LogP contribution in [0.25, 0.3) is 10.9 Å². The predicted molar refractivity (Wildman–Crippen MR) is 57.9 cm³/mol. The Bertz CT molecular complexity index is 487. The Morgan fingerprint density at radius 3 is 3.00 bits per heavy atom. The molecule has 0 aliphatic rings. The standard InChI is InChI=1S/C11H10ClNO/c1-2-10(14)8-6-13-11-7(8)4-3-5-9(11)12/h3-6,13H,2H2,1H3. The molecule has 0 saturated carbocycles. The van der Waals surface area contributed by atoms with Crippen LogP contribution in [0.3, 0.4) is 0 Å². The molecular weight excluding hydrogens is 198 g/mol. The van der Waals surface area contributed by atoms with Crippen molar-refractivity contribution in [3.8, 4) is 0 Å². The van der Waals surface area contributed by atoms with Gasteiger partial charge >= 0.3 is 0 Å². The van der Waals surface area contributed by atoms with Gasteiger partial charge in [0.15, 0.2) is 5.78 Å². The molecule has 0 radical (unpaired) electrons. The molecule has 1 N–H and O–H groups in total. The molecule has 0 atom stereocenters. The summed E-state index contributed by atoms with van der Waals surface area (Å²) in [6.07, 6.45) is 2.24. The van der Waals surface area contributed by atoms with Crippen molar-refractivity contribution in [2.45, 2.75) is 13.3 Å². The van der Waals surface area contributed by atoms with Crippen LogP contribution in [0, 0.1) is 0 Å². The molecule has 1 aromatic carbocycles. The Labute approximate surface area is 86.9 Å². The second-order valence-electron chi connectivity index (χ2n) is 3.14. The highest BCUT2D eigenvalue weighted by atomic mass is 35.5. The number of Topliss-reactive ketones (excluding diaryl/α,β-unsaturated/α-hetero) is 1. The average Bonchev–Trinajstić information content (AvgIpc) is 2.62. The van der Waals surface area contributed by atoms with E-state index in [1.807, 2.05) is 19.1 Å². The van der Waals surface area contributed by atoms with Crippen LogP contribution in [0.4, 0.5) is 0 Å². The Kier molecular flexibility index (Phi) is 2.30. The molecule has 0 spiro atoms. The quantitative estimate of drug-likeness (QED) is 0.753. The van der Waals surface area contributed by atoms with Crippen molar-refractivity contribution in [1.29, 1.82) is 0 Å². The SMILES string of the molecule is CCC(=O)c1c[nH]c2c(Cl)cccc12. The third-order valence-corrected chi connectivity index (χ3v) is 2.60. The van der Waals surface area contributed by atoms with Gasteiger partial charge in [0.1, 0.15) is 0 Å². The van der Waals surface area contributed by atoms with Crippen LogP contribution in [0.5, 0.6) is 0 Å². The largest absolute Gasteiger partial charge is 0.359 e. The molecule has 2 rings (SSSR count). The van der Waals surface area contributed by atoms with E-state index in [1.165, 1.54) is 0 Å². The summed E-state index contributed by atoms with van der Waals surface area (Å²) in [4.78, 5) is 14.6. The van der Waals surface area contributed by atoms with Crippen LogP contribution in [0.2, 0.25) is 5.02 Å². The van der Waals surface area contributed by atoms with E-state index in [4.69, 9.17) is 11.6 Å². The minimum absolute atomic E-state index is 0.138. The molecule has 0 aliphatic heterocycles. The number of hydrogen-bond acceptors (Lipinski definition) is 1. The molecule has 2 nitrogen and oxygen atoms in total. The number of carbonyl (C=O) groups excluding carboxylic acids is 1. The fraction of sp³-hybridized carbons (Fsp3) is 0.182. The smallest absolute Gasteiger partial charge is 0.164 e. The van der Waals surface area contributed by atoms with Gasteiger partial charge in [-0.1, -0.05) is 30.7 Å². The number of nitrogens with one attached hydrogen (secondary N) is 1. The van der Waals surface area contributed by atoms with Crippen molar-refractivity contribution in [1.82, 2.24) is 4.98 Å². The molecule has 0 unspecified atom stereocenters. The molecule has 1 heterocycles. The van der Waals surface area contributed by atoms with Gasteiger partial charge in [-0.15, -0.1) is 0 Å². The van der Waals surface area contributed by atoms with Crippen LogP contribution in [-0.2, 0) is 0 Å². The molecule has 0 aliphatic carbocycles. The second kappa shape index (κ2) is 3.46. The fourth-order valence-electron chi connectivity index (χ4n) is 1.54. The maximum atomic E-state index is 11.5. The molecule has 72 valence electrons. The lowest BCUT2D eigenvalue weighted by Crippen LogP contribution is -1.93. The lowest BCUT2D eigenvalue weighted by Gasteiger charge is -1.95. The van der Waals surface area contributed by atoms with Gasteiger partial charge in [-0.25, -0.2) is 0 Å². The van der Waals surface area contributed by atoms with Gasteiger partial charge in [-0.05, 0) is 6.07 Å². The van der Waals surface area contributed by atoms with Gasteiger partial charge in [0.2, 0.25) is 0 Å². The van der Waals surface area contributed by atoms with E-state index in [0.717, 1.165) is 16.5 Å². The monoisotopic (exact) mass is 207 g/mol. The Balaban J connectivity index is 2.70. The van der Waals surface area contributed by atoms with E-state index >= 15 is 0 Å². The summed E-state index contributed by atoms with van der Waals surface area (Å²) in [6.45, 7) is 1.85. The zero-order chi connectivity index (χ0) is 10.1. The first-order valence-electron chi connectivity index (χ1n) is 4.53.